The highest BCUT2D eigenvalue weighted by Gasteiger charge is 2.18. The second kappa shape index (κ2) is 6.46. The van der Waals surface area contributed by atoms with Crippen LogP contribution in [0.1, 0.15) is 12.8 Å². The molecule has 0 aromatic carbocycles. The molecule has 2 aliphatic rings. The SMILES string of the molecule is O=C1CCC(C(=O)NCCN2CCOCC2)=NN1. The summed E-state index contributed by atoms with van der Waals surface area (Å²) in [5.74, 6) is -0.330. The van der Waals surface area contributed by atoms with Crippen molar-refractivity contribution in [3.8, 4) is 0 Å². The van der Waals surface area contributed by atoms with Gasteiger partial charge in [0.15, 0.2) is 0 Å². The summed E-state index contributed by atoms with van der Waals surface area (Å²) in [6.45, 7) is 4.74. The Kier molecular flexibility index (Phi) is 4.66. The van der Waals surface area contributed by atoms with Gasteiger partial charge in [-0.1, -0.05) is 0 Å². The Bertz CT molecular complexity index is 350. The van der Waals surface area contributed by atoms with Gasteiger partial charge in [0.1, 0.15) is 5.71 Å². The number of rotatable bonds is 4. The summed E-state index contributed by atoms with van der Waals surface area (Å²) in [7, 11) is 0. The van der Waals surface area contributed by atoms with E-state index >= 15 is 0 Å². The molecule has 7 heteroatoms. The van der Waals surface area contributed by atoms with Crippen molar-refractivity contribution in [2.24, 2.45) is 5.10 Å². The Morgan fingerprint density at radius 1 is 1.39 bits per heavy atom. The number of morpholine rings is 1. The lowest BCUT2D eigenvalue weighted by atomic mass is 10.1. The van der Waals surface area contributed by atoms with Gasteiger partial charge in [0.25, 0.3) is 5.91 Å². The van der Waals surface area contributed by atoms with E-state index in [1.54, 1.807) is 0 Å². The molecule has 0 spiro atoms. The van der Waals surface area contributed by atoms with Crippen LogP contribution in [0.25, 0.3) is 0 Å². The highest BCUT2D eigenvalue weighted by atomic mass is 16.5. The lowest BCUT2D eigenvalue weighted by Crippen LogP contribution is -2.43. The van der Waals surface area contributed by atoms with E-state index in [4.69, 9.17) is 4.74 Å². The summed E-state index contributed by atoms with van der Waals surface area (Å²) in [4.78, 5) is 24.8. The summed E-state index contributed by atoms with van der Waals surface area (Å²) in [6, 6.07) is 0. The van der Waals surface area contributed by atoms with E-state index < -0.39 is 0 Å². The van der Waals surface area contributed by atoms with Crippen LogP contribution in [-0.4, -0.2) is 61.8 Å². The molecule has 0 saturated carbocycles. The molecular formula is C11H18N4O3. The van der Waals surface area contributed by atoms with Crippen LogP contribution in [0.15, 0.2) is 5.10 Å². The zero-order valence-corrected chi connectivity index (χ0v) is 10.3. The van der Waals surface area contributed by atoms with Crippen molar-refractivity contribution in [2.75, 3.05) is 39.4 Å². The molecule has 18 heavy (non-hydrogen) atoms. The molecule has 0 unspecified atom stereocenters. The van der Waals surface area contributed by atoms with Crippen LogP contribution in [0.2, 0.25) is 0 Å². The predicted octanol–water partition coefficient (Wildman–Crippen LogP) is -1.30. The van der Waals surface area contributed by atoms with Gasteiger partial charge < -0.3 is 10.1 Å². The van der Waals surface area contributed by atoms with Crippen LogP contribution in [0, 0.1) is 0 Å². The standard InChI is InChI=1S/C11H18N4O3/c16-10-2-1-9(13-14-10)11(17)12-3-4-15-5-7-18-8-6-15/h1-8H2,(H,12,17)(H,14,16). The number of nitrogens with zero attached hydrogens (tertiary/aromatic N) is 2. The molecule has 100 valence electrons. The van der Waals surface area contributed by atoms with Crippen LogP contribution < -0.4 is 10.7 Å². The molecule has 0 atom stereocenters. The monoisotopic (exact) mass is 254 g/mol. The van der Waals surface area contributed by atoms with Crippen molar-refractivity contribution in [1.82, 2.24) is 15.6 Å². The van der Waals surface area contributed by atoms with E-state index in [-0.39, 0.29) is 11.8 Å². The van der Waals surface area contributed by atoms with Crippen molar-refractivity contribution < 1.29 is 14.3 Å². The molecule has 0 radical (unpaired) electrons. The van der Waals surface area contributed by atoms with Gasteiger partial charge in [-0.2, -0.15) is 5.10 Å². The minimum Gasteiger partial charge on any atom is -0.379 e. The number of hydrogen-bond acceptors (Lipinski definition) is 5. The zero-order valence-electron chi connectivity index (χ0n) is 10.3. The first-order chi connectivity index (χ1) is 8.75. The van der Waals surface area contributed by atoms with Crippen LogP contribution >= 0.6 is 0 Å². The minimum atomic E-state index is -0.191. The van der Waals surface area contributed by atoms with Crippen LogP contribution in [0.5, 0.6) is 0 Å². The first kappa shape index (κ1) is 13.0. The minimum absolute atomic E-state index is 0.139. The maximum absolute atomic E-state index is 11.7. The van der Waals surface area contributed by atoms with Gasteiger partial charge in [0, 0.05) is 39.0 Å². The maximum atomic E-state index is 11.7. The normalized spacial score (nSPS) is 21.1. The lowest BCUT2D eigenvalue weighted by molar-refractivity contribution is -0.121. The van der Waals surface area contributed by atoms with Gasteiger partial charge in [0.2, 0.25) is 5.91 Å². The van der Waals surface area contributed by atoms with E-state index in [0.29, 0.717) is 25.1 Å². The number of hydrazone groups is 1. The topological polar surface area (TPSA) is 83.0 Å². The molecule has 0 aromatic heterocycles. The Morgan fingerprint density at radius 2 is 2.17 bits per heavy atom. The number of nitrogens with one attached hydrogen (secondary N) is 2. The van der Waals surface area contributed by atoms with Gasteiger partial charge in [-0.3, -0.25) is 14.5 Å². The fourth-order valence-corrected chi connectivity index (χ4v) is 1.89. The summed E-state index contributed by atoms with van der Waals surface area (Å²) >= 11 is 0. The second-order valence-electron chi connectivity index (χ2n) is 4.30. The van der Waals surface area contributed by atoms with E-state index in [1.165, 1.54) is 0 Å². The molecular weight excluding hydrogens is 236 g/mol. The Labute approximate surface area is 106 Å². The zero-order chi connectivity index (χ0) is 12.8. The van der Waals surface area contributed by atoms with Gasteiger partial charge in [-0.05, 0) is 0 Å². The lowest BCUT2D eigenvalue weighted by Gasteiger charge is -2.26. The van der Waals surface area contributed by atoms with E-state index in [9.17, 15) is 9.59 Å². The molecule has 1 saturated heterocycles. The van der Waals surface area contributed by atoms with Gasteiger partial charge in [-0.15, -0.1) is 0 Å². The largest absolute Gasteiger partial charge is 0.379 e. The molecule has 2 aliphatic heterocycles. The predicted molar refractivity (Wildman–Crippen MR) is 65.1 cm³/mol. The highest BCUT2D eigenvalue weighted by Crippen LogP contribution is 1.99. The Balaban J connectivity index is 1.66. The van der Waals surface area contributed by atoms with Gasteiger partial charge >= 0.3 is 0 Å². The van der Waals surface area contributed by atoms with Crippen molar-refractivity contribution in [3.05, 3.63) is 0 Å². The van der Waals surface area contributed by atoms with Crippen LogP contribution in [0.3, 0.4) is 0 Å². The van der Waals surface area contributed by atoms with Gasteiger partial charge in [0.05, 0.1) is 13.2 Å². The molecule has 2 heterocycles. The first-order valence-corrected chi connectivity index (χ1v) is 6.19. The fraction of sp³-hybridized carbons (Fsp3) is 0.727. The van der Waals surface area contributed by atoms with Crippen molar-refractivity contribution in [3.63, 3.8) is 0 Å². The van der Waals surface area contributed by atoms with Crippen molar-refractivity contribution >= 4 is 17.5 Å². The average Bonchev–Trinajstić information content (AvgIpc) is 2.40. The second-order valence-corrected chi connectivity index (χ2v) is 4.30. The smallest absolute Gasteiger partial charge is 0.267 e. The summed E-state index contributed by atoms with van der Waals surface area (Å²) < 4.78 is 5.24. The molecule has 7 nitrogen and oxygen atoms in total. The molecule has 1 fully saturated rings. The first-order valence-electron chi connectivity index (χ1n) is 6.19. The molecule has 2 amide bonds. The van der Waals surface area contributed by atoms with Crippen LogP contribution in [-0.2, 0) is 14.3 Å². The third kappa shape index (κ3) is 3.78. The summed E-state index contributed by atoms with van der Waals surface area (Å²) in [5, 5.41) is 6.56. The Hall–Kier alpha value is -1.47. The third-order valence-electron chi connectivity index (χ3n) is 2.98. The Morgan fingerprint density at radius 3 is 2.83 bits per heavy atom. The third-order valence-corrected chi connectivity index (χ3v) is 2.98. The number of amides is 2. The van der Waals surface area contributed by atoms with Crippen molar-refractivity contribution in [1.29, 1.82) is 0 Å². The average molecular weight is 254 g/mol. The van der Waals surface area contributed by atoms with Crippen molar-refractivity contribution in [2.45, 2.75) is 12.8 Å². The maximum Gasteiger partial charge on any atom is 0.267 e. The van der Waals surface area contributed by atoms with E-state index in [0.717, 1.165) is 32.8 Å². The number of hydrogen-bond donors (Lipinski definition) is 2. The van der Waals surface area contributed by atoms with E-state index in [2.05, 4.69) is 20.7 Å². The summed E-state index contributed by atoms with van der Waals surface area (Å²) in [6.07, 6.45) is 0.741. The van der Waals surface area contributed by atoms with Gasteiger partial charge in [-0.25, -0.2) is 5.43 Å². The highest BCUT2D eigenvalue weighted by molar-refractivity contribution is 6.39. The molecule has 2 N–H and O–H groups in total. The molecule has 0 bridgehead atoms. The molecule has 0 aromatic rings. The van der Waals surface area contributed by atoms with Crippen LogP contribution in [0.4, 0.5) is 0 Å². The molecule has 0 aliphatic carbocycles. The number of ether oxygens (including phenoxy) is 1. The molecule has 2 rings (SSSR count). The number of carbonyl (C=O) groups is 2. The fourth-order valence-electron chi connectivity index (χ4n) is 1.89. The van der Waals surface area contributed by atoms with E-state index in [1.807, 2.05) is 0 Å². The quantitative estimate of drug-likeness (QED) is 0.653. The summed E-state index contributed by atoms with van der Waals surface area (Å²) in [5.41, 5.74) is 2.71. The number of carbonyl (C=O) groups excluding carboxylic acids is 2.